The molecule has 1 amide bonds. The van der Waals surface area contributed by atoms with Crippen molar-refractivity contribution in [2.75, 3.05) is 11.4 Å². The molecule has 1 saturated heterocycles. The second-order valence-corrected chi connectivity index (χ2v) is 3.81. The molecule has 1 fully saturated rings. The number of nitriles is 1. The van der Waals surface area contributed by atoms with Gasteiger partial charge in [-0.1, -0.05) is 0 Å². The zero-order chi connectivity index (χ0) is 11.7. The minimum absolute atomic E-state index is 0.0148. The Morgan fingerprint density at radius 2 is 2.12 bits per heavy atom. The lowest BCUT2D eigenvalue weighted by atomic mass is 10.1. The topological polar surface area (TPSA) is 61.2 Å². The van der Waals surface area contributed by atoms with Gasteiger partial charge in [-0.2, -0.15) is 5.26 Å². The summed E-state index contributed by atoms with van der Waals surface area (Å²) in [7, 11) is 0. The van der Waals surface area contributed by atoms with Crippen molar-refractivity contribution >= 4 is 17.4 Å². The molecule has 0 aromatic heterocycles. The summed E-state index contributed by atoms with van der Waals surface area (Å²) in [5.41, 5.74) is 2.08. The highest BCUT2D eigenvalue weighted by Gasteiger charge is 2.28. The summed E-state index contributed by atoms with van der Waals surface area (Å²) >= 11 is 0. The zero-order valence-corrected chi connectivity index (χ0v) is 8.86. The van der Waals surface area contributed by atoms with Crippen molar-refractivity contribution in [3.63, 3.8) is 0 Å². The van der Waals surface area contributed by atoms with Crippen LogP contribution in [0.15, 0.2) is 18.2 Å². The van der Waals surface area contributed by atoms with Crippen molar-refractivity contribution in [3.8, 4) is 6.07 Å². The number of rotatable bonds is 1. The number of aryl methyl sites for hydroxylation is 1. The fourth-order valence-corrected chi connectivity index (χ4v) is 1.76. The van der Waals surface area contributed by atoms with Gasteiger partial charge >= 0.3 is 0 Å². The molecule has 1 heterocycles. The highest BCUT2D eigenvalue weighted by Crippen LogP contribution is 2.22. The first-order valence-electron chi connectivity index (χ1n) is 4.94. The lowest BCUT2D eigenvalue weighted by Gasteiger charge is -2.15. The summed E-state index contributed by atoms with van der Waals surface area (Å²) in [6, 6.07) is 7.19. The predicted molar refractivity (Wildman–Crippen MR) is 57.9 cm³/mol. The number of nitrogens with zero attached hydrogens (tertiary/aromatic N) is 2. The Hall–Kier alpha value is -2.15. The van der Waals surface area contributed by atoms with E-state index in [1.165, 1.54) is 4.90 Å². The van der Waals surface area contributed by atoms with E-state index in [-0.39, 0.29) is 24.7 Å². The Morgan fingerprint density at radius 1 is 1.38 bits per heavy atom. The molecule has 0 aliphatic carbocycles. The maximum absolute atomic E-state index is 11.5. The number of amides is 1. The highest BCUT2D eigenvalue weighted by atomic mass is 16.2. The van der Waals surface area contributed by atoms with Crippen LogP contribution in [0.4, 0.5) is 5.69 Å². The molecule has 0 atom stereocenters. The molecule has 1 aromatic rings. The Kier molecular flexibility index (Phi) is 2.45. The molecule has 80 valence electrons. The van der Waals surface area contributed by atoms with E-state index in [0.29, 0.717) is 11.3 Å². The van der Waals surface area contributed by atoms with Gasteiger partial charge in [0.25, 0.3) is 0 Å². The minimum Gasteiger partial charge on any atom is -0.305 e. The third-order valence-corrected chi connectivity index (χ3v) is 2.63. The van der Waals surface area contributed by atoms with Gasteiger partial charge in [0.1, 0.15) is 0 Å². The van der Waals surface area contributed by atoms with Crippen molar-refractivity contribution in [1.29, 1.82) is 5.26 Å². The van der Waals surface area contributed by atoms with Crippen LogP contribution in [-0.2, 0) is 9.59 Å². The van der Waals surface area contributed by atoms with Crippen LogP contribution in [0, 0.1) is 18.3 Å². The molecule has 16 heavy (non-hydrogen) atoms. The van der Waals surface area contributed by atoms with Crippen LogP contribution in [0.25, 0.3) is 0 Å². The molecule has 0 radical (unpaired) electrons. The number of hydrogen-bond donors (Lipinski definition) is 0. The number of Topliss-reactive ketones (excluding diaryl/α,β-unsaturated/α-hetero) is 1. The second kappa shape index (κ2) is 3.78. The lowest BCUT2D eigenvalue weighted by Crippen LogP contribution is -2.24. The number of hydrogen-bond acceptors (Lipinski definition) is 3. The van der Waals surface area contributed by atoms with E-state index in [9.17, 15) is 9.59 Å². The molecule has 0 N–H and O–H groups in total. The fourth-order valence-electron chi connectivity index (χ4n) is 1.76. The van der Waals surface area contributed by atoms with Crippen LogP contribution in [0.5, 0.6) is 0 Å². The highest BCUT2D eigenvalue weighted by molar-refractivity contribution is 6.15. The molecule has 4 nitrogen and oxygen atoms in total. The zero-order valence-electron chi connectivity index (χ0n) is 8.86. The third-order valence-electron chi connectivity index (χ3n) is 2.63. The van der Waals surface area contributed by atoms with Gasteiger partial charge in [-0.05, 0) is 30.7 Å². The molecule has 4 heteroatoms. The number of anilines is 1. The smallest absolute Gasteiger partial charge is 0.234 e. The molecule has 1 aliphatic heterocycles. The molecule has 1 aliphatic rings. The quantitative estimate of drug-likeness (QED) is 0.659. The van der Waals surface area contributed by atoms with Crippen LogP contribution >= 0.6 is 0 Å². The maximum atomic E-state index is 11.5. The molecule has 0 unspecified atom stereocenters. The maximum Gasteiger partial charge on any atom is 0.234 e. The largest absolute Gasteiger partial charge is 0.305 e. The van der Waals surface area contributed by atoms with Crippen LogP contribution in [0.3, 0.4) is 0 Å². The summed E-state index contributed by atoms with van der Waals surface area (Å²) in [5.74, 6) is -0.235. The number of carbonyl (C=O) groups is 2. The Labute approximate surface area is 93.1 Å². The summed E-state index contributed by atoms with van der Waals surface area (Å²) in [6.45, 7) is 1.95. The molecule has 0 saturated carbocycles. The number of ketones is 1. The van der Waals surface area contributed by atoms with Crippen molar-refractivity contribution in [1.82, 2.24) is 0 Å². The first kappa shape index (κ1) is 10.4. The van der Waals surface area contributed by atoms with E-state index < -0.39 is 0 Å². The van der Waals surface area contributed by atoms with Gasteiger partial charge in [0.05, 0.1) is 24.6 Å². The van der Waals surface area contributed by atoms with E-state index in [1.54, 1.807) is 18.2 Å². The van der Waals surface area contributed by atoms with E-state index in [2.05, 4.69) is 6.07 Å². The molecular weight excluding hydrogens is 204 g/mol. The Bertz CT molecular complexity index is 514. The van der Waals surface area contributed by atoms with Crippen molar-refractivity contribution < 1.29 is 9.59 Å². The summed E-state index contributed by atoms with van der Waals surface area (Å²) in [6.07, 6.45) is -0.0148. The number of carbonyl (C=O) groups excluding carboxylic acids is 2. The van der Waals surface area contributed by atoms with Crippen molar-refractivity contribution in [2.24, 2.45) is 0 Å². The minimum atomic E-state index is -0.172. The Balaban J connectivity index is 2.36. The third kappa shape index (κ3) is 1.68. The summed E-state index contributed by atoms with van der Waals surface area (Å²) in [5, 5.41) is 8.78. The van der Waals surface area contributed by atoms with Crippen molar-refractivity contribution in [2.45, 2.75) is 13.3 Å². The summed E-state index contributed by atoms with van der Waals surface area (Å²) < 4.78 is 0. The van der Waals surface area contributed by atoms with E-state index in [0.717, 1.165) is 5.56 Å². The van der Waals surface area contributed by atoms with Gasteiger partial charge in [0.2, 0.25) is 5.91 Å². The Morgan fingerprint density at radius 3 is 2.62 bits per heavy atom. The van der Waals surface area contributed by atoms with Crippen LogP contribution in [0.1, 0.15) is 17.5 Å². The van der Waals surface area contributed by atoms with E-state index in [1.807, 2.05) is 6.92 Å². The standard InChI is InChI=1S/C12H10N2O2/c1-8-4-10(3-2-9(8)6-13)14-7-11(15)5-12(14)16/h2-4H,5,7H2,1H3. The summed E-state index contributed by atoms with van der Waals surface area (Å²) in [4.78, 5) is 24.1. The normalized spacial score (nSPS) is 15.4. The van der Waals surface area contributed by atoms with Crippen LogP contribution in [-0.4, -0.2) is 18.2 Å². The SMILES string of the molecule is Cc1cc(N2CC(=O)CC2=O)ccc1C#N. The predicted octanol–water partition coefficient (Wildman–Crippen LogP) is 1.17. The monoisotopic (exact) mass is 214 g/mol. The van der Waals surface area contributed by atoms with Gasteiger partial charge in [0, 0.05) is 5.69 Å². The fraction of sp³-hybridized carbons (Fsp3) is 0.250. The van der Waals surface area contributed by atoms with Crippen molar-refractivity contribution in [3.05, 3.63) is 29.3 Å². The van der Waals surface area contributed by atoms with Gasteiger partial charge < -0.3 is 4.90 Å². The molecule has 0 bridgehead atoms. The average Bonchev–Trinajstić information content (AvgIpc) is 2.58. The number of benzene rings is 1. The van der Waals surface area contributed by atoms with E-state index >= 15 is 0 Å². The average molecular weight is 214 g/mol. The molecule has 2 rings (SSSR count). The molecule has 0 spiro atoms. The molecular formula is C12H10N2O2. The van der Waals surface area contributed by atoms with E-state index in [4.69, 9.17) is 5.26 Å². The molecule has 1 aromatic carbocycles. The lowest BCUT2D eigenvalue weighted by molar-refractivity contribution is -0.121. The van der Waals surface area contributed by atoms with Gasteiger partial charge in [0.15, 0.2) is 5.78 Å². The first-order chi connectivity index (χ1) is 7.61. The van der Waals surface area contributed by atoms with Gasteiger partial charge in [-0.3, -0.25) is 9.59 Å². The van der Waals surface area contributed by atoms with Crippen LogP contribution in [0.2, 0.25) is 0 Å². The first-order valence-corrected chi connectivity index (χ1v) is 4.94. The van der Waals surface area contributed by atoms with Gasteiger partial charge in [-0.25, -0.2) is 0 Å². The second-order valence-electron chi connectivity index (χ2n) is 3.81. The van der Waals surface area contributed by atoms with Gasteiger partial charge in [-0.15, -0.1) is 0 Å². The van der Waals surface area contributed by atoms with Crippen LogP contribution < -0.4 is 4.90 Å².